The van der Waals surface area contributed by atoms with E-state index in [9.17, 15) is 4.79 Å². The van der Waals surface area contributed by atoms with Gasteiger partial charge in [-0.2, -0.15) is 12.6 Å². The number of hydrogen-bond donors (Lipinski definition) is 2. The molecule has 1 amide bonds. The minimum absolute atomic E-state index is 0.0676. The second-order valence-electron chi connectivity index (χ2n) is 3.57. The van der Waals surface area contributed by atoms with Crippen LogP contribution in [-0.4, -0.2) is 16.6 Å². The van der Waals surface area contributed by atoms with Crippen LogP contribution in [0.1, 0.15) is 6.42 Å². The Hall–Kier alpha value is -1.04. The van der Waals surface area contributed by atoms with Crippen LogP contribution in [0.3, 0.4) is 0 Å². The molecule has 2 aromatic rings. The molecule has 0 saturated carbocycles. The number of thiol groups is 1. The van der Waals surface area contributed by atoms with Gasteiger partial charge in [0, 0.05) is 22.4 Å². The Kier molecular flexibility index (Phi) is 4.63. The largest absolute Gasteiger partial charge is 0.302 e. The number of aromatic nitrogens is 1. The van der Waals surface area contributed by atoms with E-state index in [0.29, 0.717) is 22.3 Å². The second-order valence-corrected chi connectivity index (χ2v) is 5.31. The van der Waals surface area contributed by atoms with Crippen molar-refractivity contribution in [3.8, 4) is 11.3 Å². The van der Waals surface area contributed by atoms with Crippen molar-refractivity contribution < 1.29 is 4.79 Å². The summed E-state index contributed by atoms with van der Waals surface area (Å²) in [6.45, 7) is 0. The maximum absolute atomic E-state index is 11.4. The third-order valence-corrected chi connectivity index (χ3v) is 3.46. The first kappa shape index (κ1) is 13.4. The summed E-state index contributed by atoms with van der Waals surface area (Å²) in [5, 5.41) is 5.93. The Morgan fingerprint density at radius 3 is 2.78 bits per heavy atom. The number of halogens is 1. The Morgan fingerprint density at radius 1 is 1.39 bits per heavy atom. The van der Waals surface area contributed by atoms with Crippen LogP contribution in [0.4, 0.5) is 5.13 Å². The van der Waals surface area contributed by atoms with Crippen molar-refractivity contribution in [2.45, 2.75) is 6.42 Å². The highest BCUT2D eigenvalue weighted by atomic mass is 35.5. The zero-order valence-corrected chi connectivity index (χ0v) is 11.9. The highest BCUT2D eigenvalue weighted by molar-refractivity contribution is 7.80. The van der Waals surface area contributed by atoms with Crippen molar-refractivity contribution in [2.75, 3.05) is 11.1 Å². The van der Waals surface area contributed by atoms with Gasteiger partial charge in [0.15, 0.2) is 5.13 Å². The Labute approximate surface area is 120 Å². The first-order valence-electron chi connectivity index (χ1n) is 5.31. The van der Waals surface area contributed by atoms with Crippen LogP contribution < -0.4 is 5.32 Å². The second kappa shape index (κ2) is 6.22. The predicted octanol–water partition coefficient (Wildman–Crippen LogP) is 3.72. The summed E-state index contributed by atoms with van der Waals surface area (Å²) in [6, 6.07) is 7.43. The van der Waals surface area contributed by atoms with Crippen LogP contribution in [-0.2, 0) is 4.79 Å². The van der Waals surface area contributed by atoms with E-state index in [1.807, 2.05) is 29.6 Å². The van der Waals surface area contributed by atoms with Gasteiger partial charge in [0.25, 0.3) is 0 Å². The molecule has 2 rings (SSSR count). The third-order valence-electron chi connectivity index (χ3n) is 2.23. The van der Waals surface area contributed by atoms with Gasteiger partial charge in [-0.1, -0.05) is 23.7 Å². The zero-order valence-electron chi connectivity index (χ0n) is 9.39. The molecule has 0 spiro atoms. The van der Waals surface area contributed by atoms with Crippen LogP contribution in [0.2, 0.25) is 5.02 Å². The maximum atomic E-state index is 11.4. The van der Waals surface area contributed by atoms with Crippen LogP contribution in [0.25, 0.3) is 11.3 Å². The summed E-state index contributed by atoms with van der Waals surface area (Å²) >= 11 is 11.2. The molecule has 94 valence electrons. The van der Waals surface area contributed by atoms with Crippen LogP contribution in [0.15, 0.2) is 29.6 Å². The molecular weight excluding hydrogens is 288 g/mol. The molecule has 0 aliphatic heterocycles. The molecule has 3 nitrogen and oxygen atoms in total. The van der Waals surface area contributed by atoms with Gasteiger partial charge in [0.1, 0.15) is 0 Å². The number of amides is 1. The number of nitrogens with one attached hydrogen (secondary N) is 1. The van der Waals surface area contributed by atoms with Gasteiger partial charge in [-0.3, -0.25) is 4.79 Å². The first-order valence-corrected chi connectivity index (χ1v) is 7.20. The lowest BCUT2D eigenvalue weighted by Gasteiger charge is -1.99. The summed E-state index contributed by atoms with van der Waals surface area (Å²) in [5.41, 5.74) is 1.81. The summed E-state index contributed by atoms with van der Waals surface area (Å²) in [4.78, 5) is 15.7. The van der Waals surface area contributed by atoms with Crippen molar-refractivity contribution in [2.24, 2.45) is 0 Å². The highest BCUT2D eigenvalue weighted by Crippen LogP contribution is 2.25. The van der Waals surface area contributed by atoms with Crippen LogP contribution in [0, 0.1) is 0 Å². The van der Waals surface area contributed by atoms with E-state index in [2.05, 4.69) is 22.9 Å². The van der Waals surface area contributed by atoms with Crippen LogP contribution in [0.5, 0.6) is 0 Å². The van der Waals surface area contributed by atoms with Crippen molar-refractivity contribution in [3.05, 3.63) is 34.7 Å². The van der Waals surface area contributed by atoms with E-state index in [0.717, 1.165) is 11.3 Å². The van der Waals surface area contributed by atoms with Gasteiger partial charge in [0.2, 0.25) is 5.91 Å². The molecule has 0 saturated heterocycles. The molecule has 0 radical (unpaired) electrons. The number of benzene rings is 1. The van der Waals surface area contributed by atoms with E-state index < -0.39 is 0 Å². The normalized spacial score (nSPS) is 10.3. The molecule has 1 N–H and O–H groups in total. The summed E-state index contributed by atoms with van der Waals surface area (Å²) < 4.78 is 0. The zero-order chi connectivity index (χ0) is 13.0. The number of hydrogen-bond acceptors (Lipinski definition) is 4. The SMILES string of the molecule is O=C(CCS)Nc1nc(-c2ccc(Cl)cc2)cs1. The maximum Gasteiger partial charge on any atom is 0.226 e. The molecule has 0 aliphatic carbocycles. The molecule has 0 bridgehead atoms. The van der Waals surface area contributed by atoms with Crippen molar-refractivity contribution in [1.82, 2.24) is 4.98 Å². The molecule has 6 heteroatoms. The number of carbonyl (C=O) groups is 1. The average molecular weight is 299 g/mol. The molecule has 1 heterocycles. The minimum Gasteiger partial charge on any atom is -0.302 e. The van der Waals surface area contributed by atoms with E-state index in [4.69, 9.17) is 11.6 Å². The van der Waals surface area contributed by atoms with Gasteiger partial charge in [0.05, 0.1) is 5.69 Å². The third kappa shape index (κ3) is 3.48. The highest BCUT2D eigenvalue weighted by Gasteiger charge is 2.07. The molecule has 1 aromatic carbocycles. The molecule has 1 aromatic heterocycles. The lowest BCUT2D eigenvalue weighted by Crippen LogP contribution is -2.11. The lowest BCUT2D eigenvalue weighted by atomic mass is 10.2. The first-order chi connectivity index (χ1) is 8.69. The molecular formula is C12H11ClN2OS2. The van der Waals surface area contributed by atoms with Crippen molar-refractivity contribution >= 4 is 46.6 Å². The van der Waals surface area contributed by atoms with E-state index in [-0.39, 0.29) is 5.91 Å². The standard InChI is InChI=1S/C12H11ClN2OS2/c13-9-3-1-8(2-4-9)10-7-18-12(14-10)15-11(16)5-6-17/h1-4,7,17H,5-6H2,(H,14,15,16). The van der Waals surface area contributed by atoms with E-state index in [1.54, 1.807) is 0 Å². The van der Waals surface area contributed by atoms with E-state index >= 15 is 0 Å². The average Bonchev–Trinajstić information content (AvgIpc) is 2.78. The van der Waals surface area contributed by atoms with Crippen molar-refractivity contribution in [3.63, 3.8) is 0 Å². The number of nitrogens with zero attached hydrogens (tertiary/aromatic N) is 1. The van der Waals surface area contributed by atoms with Gasteiger partial charge in [-0.25, -0.2) is 4.98 Å². The van der Waals surface area contributed by atoms with Crippen LogP contribution >= 0.6 is 35.6 Å². The lowest BCUT2D eigenvalue weighted by molar-refractivity contribution is -0.115. The number of rotatable bonds is 4. The molecule has 0 atom stereocenters. The predicted molar refractivity (Wildman–Crippen MR) is 79.7 cm³/mol. The fraction of sp³-hybridized carbons (Fsp3) is 0.167. The topological polar surface area (TPSA) is 42.0 Å². The van der Waals surface area contributed by atoms with E-state index in [1.165, 1.54) is 11.3 Å². The fourth-order valence-electron chi connectivity index (χ4n) is 1.37. The molecule has 0 unspecified atom stereocenters. The Balaban J connectivity index is 2.10. The number of carbonyl (C=O) groups excluding carboxylic acids is 1. The molecule has 0 fully saturated rings. The number of thiazole rings is 1. The monoisotopic (exact) mass is 298 g/mol. The summed E-state index contributed by atoms with van der Waals surface area (Å²) in [5.74, 6) is 0.461. The van der Waals surface area contributed by atoms with Gasteiger partial charge < -0.3 is 5.32 Å². The quantitative estimate of drug-likeness (QED) is 0.845. The fourth-order valence-corrected chi connectivity index (χ4v) is 2.43. The molecule has 18 heavy (non-hydrogen) atoms. The Morgan fingerprint density at radius 2 is 2.11 bits per heavy atom. The van der Waals surface area contributed by atoms with Gasteiger partial charge >= 0.3 is 0 Å². The molecule has 0 aliphatic rings. The summed E-state index contributed by atoms with van der Waals surface area (Å²) in [6.07, 6.45) is 0.388. The van der Waals surface area contributed by atoms with Crippen molar-refractivity contribution in [1.29, 1.82) is 0 Å². The number of anilines is 1. The van der Waals surface area contributed by atoms with Gasteiger partial charge in [-0.15, -0.1) is 11.3 Å². The minimum atomic E-state index is -0.0676. The summed E-state index contributed by atoms with van der Waals surface area (Å²) in [7, 11) is 0. The smallest absolute Gasteiger partial charge is 0.226 e. The van der Waals surface area contributed by atoms with Gasteiger partial charge in [-0.05, 0) is 17.9 Å². The Bertz CT molecular complexity index is 539.